The maximum atomic E-state index is 9.66. The van der Waals surface area contributed by atoms with Crippen molar-refractivity contribution in [2.24, 2.45) is 0 Å². The Labute approximate surface area is 128 Å². The van der Waals surface area contributed by atoms with E-state index < -0.39 is 0 Å². The zero-order chi connectivity index (χ0) is 15.1. The molecule has 2 N–H and O–H groups in total. The summed E-state index contributed by atoms with van der Waals surface area (Å²) in [5.41, 5.74) is 1.27. The molecule has 4 heteroatoms. The smallest absolute Gasteiger partial charge is 0.129 e. The Bertz CT molecular complexity index is 424. The monoisotopic (exact) mass is 291 g/mol. The lowest BCUT2D eigenvalue weighted by atomic mass is 10.1. The van der Waals surface area contributed by atoms with Crippen molar-refractivity contribution in [1.82, 2.24) is 10.3 Å². The predicted molar refractivity (Wildman–Crippen MR) is 87.6 cm³/mol. The van der Waals surface area contributed by atoms with Gasteiger partial charge in [-0.1, -0.05) is 19.8 Å². The molecule has 4 nitrogen and oxygen atoms in total. The third kappa shape index (κ3) is 4.42. The van der Waals surface area contributed by atoms with Crippen LogP contribution in [0.4, 0.5) is 5.82 Å². The molecule has 0 spiro atoms. The summed E-state index contributed by atoms with van der Waals surface area (Å²) in [6.07, 6.45) is 7.74. The first-order valence-corrected chi connectivity index (χ1v) is 8.33. The van der Waals surface area contributed by atoms with Crippen molar-refractivity contribution < 1.29 is 5.11 Å². The van der Waals surface area contributed by atoms with Gasteiger partial charge in [-0.05, 0) is 50.4 Å². The van der Waals surface area contributed by atoms with Crippen LogP contribution < -0.4 is 10.2 Å². The number of hydrogen-bond donors (Lipinski definition) is 2. The van der Waals surface area contributed by atoms with Crippen molar-refractivity contribution in [2.45, 2.75) is 58.0 Å². The topological polar surface area (TPSA) is 48.4 Å². The lowest BCUT2D eigenvalue weighted by molar-refractivity contribution is 0.254. The predicted octanol–water partition coefficient (Wildman–Crippen LogP) is 2.88. The highest BCUT2D eigenvalue weighted by Crippen LogP contribution is 2.24. The Morgan fingerprint density at radius 1 is 1.43 bits per heavy atom. The molecule has 1 aromatic rings. The van der Waals surface area contributed by atoms with Crippen molar-refractivity contribution in [3.05, 3.63) is 23.9 Å². The highest BCUT2D eigenvalue weighted by atomic mass is 16.3. The lowest BCUT2D eigenvalue weighted by Gasteiger charge is -2.30. The zero-order valence-electron chi connectivity index (χ0n) is 13.4. The van der Waals surface area contributed by atoms with Gasteiger partial charge in [0.15, 0.2) is 0 Å². The second-order valence-corrected chi connectivity index (χ2v) is 6.00. The van der Waals surface area contributed by atoms with Gasteiger partial charge in [0.1, 0.15) is 5.82 Å². The van der Waals surface area contributed by atoms with E-state index in [0.29, 0.717) is 6.04 Å². The van der Waals surface area contributed by atoms with Gasteiger partial charge in [0.05, 0.1) is 12.6 Å². The van der Waals surface area contributed by atoms with Gasteiger partial charge in [0.2, 0.25) is 0 Å². The van der Waals surface area contributed by atoms with Crippen LogP contribution in [0.15, 0.2) is 18.3 Å². The molecule has 0 saturated carbocycles. The number of rotatable bonds is 6. The van der Waals surface area contributed by atoms with Crippen LogP contribution in [0.5, 0.6) is 0 Å². The van der Waals surface area contributed by atoms with E-state index in [9.17, 15) is 5.11 Å². The summed E-state index contributed by atoms with van der Waals surface area (Å²) in [5, 5.41) is 13.2. The minimum Gasteiger partial charge on any atom is -0.394 e. The van der Waals surface area contributed by atoms with Gasteiger partial charge in [-0.2, -0.15) is 0 Å². The number of aliphatic hydroxyl groups excluding tert-OH is 1. The van der Waals surface area contributed by atoms with Gasteiger partial charge >= 0.3 is 0 Å². The Morgan fingerprint density at radius 3 is 3.05 bits per heavy atom. The molecule has 1 aromatic heterocycles. The summed E-state index contributed by atoms with van der Waals surface area (Å²) >= 11 is 0. The molecule has 118 valence electrons. The van der Waals surface area contributed by atoms with E-state index in [1.807, 2.05) is 6.20 Å². The van der Waals surface area contributed by atoms with Crippen molar-refractivity contribution in [3.8, 4) is 0 Å². The molecule has 0 aromatic carbocycles. The molecular formula is C17H29N3O. The van der Waals surface area contributed by atoms with Gasteiger partial charge < -0.3 is 15.3 Å². The highest BCUT2D eigenvalue weighted by Gasteiger charge is 2.22. The largest absolute Gasteiger partial charge is 0.394 e. The van der Waals surface area contributed by atoms with Crippen LogP contribution in [0, 0.1) is 0 Å². The second-order valence-electron chi connectivity index (χ2n) is 6.00. The number of nitrogens with zero attached hydrogens (tertiary/aromatic N) is 2. The van der Waals surface area contributed by atoms with Crippen LogP contribution in [-0.2, 0) is 0 Å². The Balaban J connectivity index is 2.14. The average molecular weight is 291 g/mol. The van der Waals surface area contributed by atoms with E-state index in [-0.39, 0.29) is 12.6 Å². The van der Waals surface area contributed by atoms with E-state index in [4.69, 9.17) is 0 Å². The van der Waals surface area contributed by atoms with E-state index >= 15 is 0 Å². The molecule has 1 fully saturated rings. The molecule has 2 rings (SSSR count). The molecule has 1 aliphatic heterocycles. The number of aliphatic hydroxyl groups is 1. The van der Waals surface area contributed by atoms with Crippen molar-refractivity contribution in [2.75, 3.05) is 24.6 Å². The van der Waals surface area contributed by atoms with E-state index in [1.54, 1.807) is 0 Å². The van der Waals surface area contributed by atoms with Crippen molar-refractivity contribution in [3.63, 3.8) is 0 Å². The number of pyridine rings is 1. The van der Waals surface area contributed by atoms with Crippen LogP contribution in [0.25, 0.3) is 0 Å². The van der Waals surface area contributed by atoms with E-state index in [2.05, 4.69) is 41.2 Å². The van der Waals surface area contributed by atoms with Gasteiger partial charge in [0, 0.05) is 18.8 Å². The molecule has 1 saturated heterocycles. The van der Waals surface area contributed by atoms with Gasteiger partial charge in [0.25, 0.3) is 0 Å². The maximum Gasteiger partial charge on any atom is 0.129 e. The third-order valence-electron chi connectivity index (χ3n) is 4.35. The number of nitrogens with one attached hydrogen (secondary N) is 1. The zero-order valence-corrected chi connectivity index (χ0v) is 13.4. The number of hydrogen-bond acceptors (Lipinski definition) is 4. The molecular weight excluding hydrogens is 262 g/mol. The minimum absolute atomic E-state index is 0.217. The summed E-state index contributed by atoms with van der Waals surface area (Å²) in [6, 6.07) is 4.82. The van der Waals surface area contributed by atoms with Crippen LogP contribution in [0.3, 0.4) is 0 Å². The molecule has 2 unspecified atom stereocenters. The Kier molecular flexibility index (Phi) is 6.46. The standard InChI is InChI=1S/C17H29N3O/c1-3-9-18-14(2)15-8-10-19-17(12-15)20-11-6-4-5-7-16(20)13-21/h8,10,12,14,16,18,21H,3-7,9,11,13H2,1-2H3. The molecule has 2 heterocycles. The maximum absolute atomic E-state index is 9.66. The second kappa shape index (κ2) is 8.35. The van der Waals surface area contributed by atoms with E-state index in [1.165, 1.54) is 24.8 Å². The first-order valence-electron chi connectivity index (χ1n) is 8.33. The van der Waals surface area contributed by atoms with Crippen LogP contribution >= 0.6 is 0 Å². The fourth-order valence-corrected chi connectivity index (χ4v) is 3.01. The molecule has 0 aliphatic carbocycles. The minimum atomic E-state index is 0.217. The molecule has 2 atom stereocenters. The molecule has 0 radical (unpaired) electrons. The average Bonchev–Trinajstić information content (AvgIpc) is 2.77. The first-order chi connectivity index (χ1) is 10.3. The summed E-state index contributed by atoms with van der Waals surface area (Å²) < 4.78 is 0. The summed E-state index contributed by atoms with van der Waals surface area (Å²) in [4.78, 5) is 6.85. The molecule has 0 amide bonds. The highest BCUT2D eigenvalue weighted by molar-refractivity contribution is 5.43. The quantitative estimate of drug-likeness (QED) is 0.846. The SMILES string of the molecule is CCCNC(C)c1ccnc(N2CCCCCC2CO)c1. The molecule has 1 aliphatic rings. The van der Waals surface area contributed by atoms with Crippen LogP contribution in [0.1, 0.15) is 57.6 Å². The first kappa shape index (κ1) is 16.2. The summed E-state index contributed by atoms with van der Waals surface area (Å²) in [7, 11) is 0. The lowest BCUT2D eigenvalue weighted by Crippen LogP contribution is -2.38. The third-order valence-corrected chi connectivity index (χ3v) is 4.35. The van der Waals surface area contributed by atoms with Crippen molar-refractivity contribution >= 4 is 5.82 Å². The summed E-state index contributed by atoms with van der Waals surface area (Å²) in [5.74, 6) is 1.01. The normalized spacial score (nSPS) is 21.1. The Morgan fingerprint density at radius 2 is 2.29 bits per heavy atom. The Hall–Kier alpha value is -1.13. The number of aromatic nitrogens is 1. The van der Waals surface area contributed by atoms with Crippen molar-refractivity contribution in [1.29, 1.82) is 0 Å². The van der Waals surface area contributed by atoms with Gasteiger partial charge in [-0.15, -0.1) is 0 Å². The fraction of sp³-hybridized carbons (Fsp3) is 0.706. The van der Waals surface area contributed by atoms with E-state index in [0.717, 1.165) is 31.7 Å². The molecule has 21 heavy (non-hydrogen) atoms. The van der Waals surface area contributed by atoms with Gasteiger partial charge in [-0.3, -0.25) is 0 Å². The number of anilines is 1. The summed E-state index contributed by atoms with van der Waals surface area (Å²) in [6.45, 7) is 6.62. The molecule has 0 bridgehead atoms. The fourth-order valence-electron chi connectivity index (χ4n) is 3.01. The van der Waals surface area contributed by atoms with Crippen LogP contribution in [-0.4, -0.2) is 35.8 Å². The van der Waals surface area contributed by atoms with Crippen LogP contribution in [0.2, 0.25) is 0 Å². The van der Waals surface area contributed by atoms with Gasteiger partial charge in [-0.25, -0.2) is 4.98 Å².